The summed E-state index contributed by atoms with van der Waals surface area (Å²) >= 11 is 23.6. The van der Waals surface area contributed by atoms with Crippen molar-refractivity contribution in [1.82, 2.24) is 31.9 Å². The summed E-state index contributed by atoms with van der Waals surface area (Å²) in [6.07, 6.45) is 32.0. The minimum absolute atomic E-state index is 0. The molecule has 0 aromatic carbocycles. The molecule has 798 valence electrons. The summed E-state index contributed by atoms with van der Waals surface area (Å²) in [5.74, 6) is 12.0. The van der Waals surface area contributed by atoms with Crippen LogP contribution in [-0.4, -0.2) is 485 Å². The van der Waals surface area contributed by atoms with Crippen molar-refractivity contribution < 1.29 is 324 Å². The minimum Gasteiger partial charge on any atom is -0.412 e. The van der Waals surface area contributed by atoms with E-state index < -0.39 is 35.2 Å². The molecule has 6 amide bonds. The van der Waals surface area contributed by atoms with Crippen molar-refractivity contribution in [2.24, 2.45) is 11.5 Å². The molecule has 130 heavy (non-hydrogen) atoms. The molecule has 0 aliphatic carbocycles. The van der Waals surface area contributed by atoms with Crippen LogP contribution in [0.15, 0.2) is 0 Å². The zero-order valence-corrected chi connectivity index (χ0v) is 107. The summed E-state index contributed by atoms with van der Waals surface area (Å²) in [7, 11) is -15.7. The molecular weight excluding hydrogens is 2630 g/mol. The first kappa shape index (κ1) is 192. The van der Waals surface area contributed by atoms with E-state index in [0.717, 1.165) is 132 Å². The van der Waals surface area contributed by atoms with Gasteiger partial charge >= 0.3 is 47.3 Å². The van der Waals surface area contributed by atoms with E-state index in [4.69, 9.17) is 130 Å². The third-order valence-corrected chi connectivity index (χ3v) is 26.6. The second kappa shape index (κ2) is 160. The summed E-state index contributed by atoms with van der Waals surface area (Å²) < 4.78 is 0. The second-order valence-corrected chi connectivity index (χ2v) is 46.0. The third-order valence-electron chi connectivity index (χ3n) is 12.7. The molecule has 38 nitrogen and oxygen atoms in total. The standard InChI is InChI=1S/2C13H25N3O5SSi.12C3H8OS.2C2H9NO3Si.2Au.2H2O.6Ti/c2*17-11(14-6-7-23(19,20)21)5-3-1-2-4-10-12-9(8-22-10)15-13(18)16-12;12*1-5-3-2-4;2*3-1-2-7(4,5)6;;;;;;;;;;/h2*9-10,12,19-21H,1-8H2,(H,14,17)(H2,15,16,18);12*4H,2-3H2,1H3;2*4-6H,1-3H2;;;2*1H2;;;;;;. The monoisotopic (exact) mass is 2790 g/mol. The van der Waals surface area contributed by atoms with E-state index in [-0.39, 0.29) is 284 Å². The molecule has 4 fully saturated rings. The third kappa shape index (κ3) is 198. The van der Waals surface area contributed by atoms with Crippen molar-refractivity contribution in [1.29, 1.82) is 0 Å². The van der Waals surface area contributed by atoms with Gasteiger partial charge in [-0.05, 0) is 114 Å². The second-order valence-electron chi connectivity index (χ2n) is 23.4. The van der Waals surface area contributed by atoms with Gasteiger partial charge in [0.15, 0.2) is 0 Å². The number of carbonyl (C=O) groups excluding carboxylic acids is 4. The first-order chi connectivity index (χ1) is 56.8. The number of aliphatic hydroxyl groups excluding tert-OH is 12. The molecule has 4 saturated heterocycles. The number of nitrogens with two attached hydrogens (primary N) is 2. The van der Waals surface area contributed by atoms with Gasteiger partial charge in [-0.25, -0.2) is 9.59 Å². The van der Waals surface area contributed by atoms with Crippen LogP contribution >= 0.6 is 165 Å². The van der Waals surface area contributed by atoms with Crippen LogP contribution in [0.5, 0.6) is 0 Å². The van der Waals surface area contributed by atoms with Gasteiger partial charge in [-0.15, -0.1) is 0 Å². The number of aliphatic hydroxyl groups is 12. The Morgan fingerprint density at radius 3 is 0.631 bits per heavy atom. The van der Waals surface area contributed by atoms with Gasteiger partial charge in [-0.2, -0.15) is 165 Å². The molecule has 0 saturated carbocycles. The van der Waals surface area contributed by atoms with Crippen LogP contribution in [0.4, 0.5) is 9.59 Å². The predicted octanol–water partition coefficient (Wildman–Crippen LogP) is -3.58. The predicted molar refractivity (Wildman–Crippen MR) is 543 cm³/mol. The number of carbonyl (C=O) groups is 4. The van der Waals surface area contributed by atoms with Crippen molar-refractivity contribution in [3.63, 3.8) is 0 Å². The van der Waals surface area contributed by atoms with E-state index in [1.807, 2.05) is 98.6 Å². The maximum atomic E-state index is 11.5. The van der Waals surface area contributed by atoms with Gasteiger partial charge < -0.3 is 173 Å². The van der Waals surface area contributed by atoms with Crippen molar-refractivity contribution in [2.75, 3.05) is 261 Å². The zero-order chi connectivity index (χ0) is 95.0. The van der Waals surface area contributed by atoms with Crippen LogP contribution in [-0.2, 0) is 185 Å². The van der Waals surface area contributed by atoms with Gasteiger partial charge in [0, 0.05) is 316 Å². The topological polar surface area (TPSA) is 741 Å². The Labute approximate surface area is 962 Å². The number of rotatable bonds is 46. The quantitative estimate of drug-likeness (QED) is 0.0159. The summed E-state index contributed by atoms with van der Waals surface area (Å²) in [5.41, 5.74) is 9.74. The molecule has 4 aliphatic heterocycles. The van der Waals surface area contributed by atoms with E-state index >= 15 is 0 Å². The van der Waals surface area contributed by atoms with Crippen LogP contribution in [0, 0.1) is 0 Å². The Morgan fingerprint density at radius 1 is 0.323 bits per heavy atom. The number of hydrogen-bond acceptors (Lipinski definition) is 44. The number of urea groups is 2. The summed E-state index contributed by atoms with van der Waals surface area (Å²) in [6, 6.07) is 0.323. The van der Waals surface area contributed by atoms with Crippen molar-refractivity contribution in [3.8, 4) is 0 Å². The number of hydrogen-bond donors (Lipinski definition) is 32. The summed E-state index contributed by atoms with van der Waals surface area (Å²) in [4.78, 5) is 148. The van der Waals surface area contributed by atoms with Crippen molar-refractivity contribution >= 4 is 224 Å². The maximum absolute atomic E-state index is 11.5. The normalized spacial score (nSPS) is 14.6. The molecule has 4 rings (SSSR count). The van der Waals surface area contributed by atoms with Crippen molar-refractivity contribution in [2.45, 2.75) is 123 Å². The molecule has 0 spiro atoms. The Balaban J connectivity index is -0.0000000502. The van der Waals surface area contributed by atoms with Gasteiger partial charge in [0.05, 0.1) is 103 Å². The van der Waals surface area contributed by atoms with E-state index in [2.05, 4.69) is 31.9 Å². The fourth-order valence-corrected chi connectivity index (χ4v) is 14.3. The average Bonchev–Trinajstić information content (AvgIpc) is 1.68. The van der Waals surface area contributed by atoms with Crippen LogP contribution < -0.4 is 43.4 Å². The number of nitrogens with one attached hydrogen (secondary N) is 6. The van der Waals surface area contributed by atoms with Crippen LogP contribution in [0.2, 0.25) is 24.2 Å². The van der Waals surface area contributed by atoms with Crippen LogP contribution in [0.1, 0.15) is 64.2 Å². The van der Waals surface area contributed by atoms with E-state index in [9.17, 15) is 19.2 Å². The fourth-order valence-electron chi connectivity index (χ4n) is 7.30. The Bertz CT molecular complexity index is 1790. The zero-order valence-electron chi connectivity index (χ0n) is 77.4. The molecule has 0 aromatic heterocycles. The Morgan fingerprint density at radius 2 is 0.500 bits per heavy atom. The van der Waals surface area contributed by atoms with Crippen molar-refractivity contribution in [3.05, 3.63) is 0 Å². The maximum Gasteiger partial charge on any atom is 0.494 e. The van der Waals surface area contributed by atoms with Crippen LogP contribution in [0.25, 0.3) is 0 Å². The SMILES string of the molecule is CSCCO.CSCCO.CSCCO.CSCCO.CSCCO.CSCCO.CSCCO.CSCCO.CSCCO.CSCCO.CSCCO.CSCCO.NCC[Si](O)(O)O.NCC[Si](O)(O)O.O.O.O=C(CCCCCC1SCC2NC(=O)NC21)NCC[Si](O)(O)O.O=C(CCCCCC1SCC2NC(=O)NC21)NCC[Si](O)(O)O.[Au].[Au].[Ti].[Ti].[Ti].[Ti].[Ti].[Ti]. The van der Waals surface area contributed by atoms with E-state index in [1.54, 1.807) is 141 Å². The minimum atomic E-state index is -4.05. The molecule has 0 bridgehead atoms. The molecule has 0 aromatic rings. The summed E-state index contributed by atoms with van der Waals surface area (Å²) in [6.45, 7) is 4.09. The molecule has 6 unspecified atom stereocenters. The Hall–Kier alpha value is 7.89. The van der Waals surface area contributed by atoms with Gasteiger partial charge in [0.2, 0.25) is 11.8 Å². The number of unbranched alkanes of at least 4 members (excludes halogenated alkanes) is 4. The Kier molecular flexibility index (Phi) is 236. The van der Waals surface area contributed by atoms with E-state index in [0.29, 0.717) is 103 Å². The fraction of sp³-hybridized carbons (Fsp3) is 0.939. The smallest absolute Gasteiger partial charge is 0.412 e. The molecule has 4 heterocycles. The molecular formula is C66H168Au2N8O30S14Si4Ti6. The molecule has 38 N–H and O–H groups in total. The molecule has 2 radical (unpaired) electrons. The van der Waals surface area contributed by atoms with Gasteiger partial charge in [0.1, 0.15) is 0 Å². The largest absolute Gasteiger partial charge is 0.494 e. The average molecular weight is 2800 g/mol. The first-order valence-corrected chi connectivity index (χ1v) is 65.0. The molecule has 64 heteroatoms. The van der Waals surface area contributed by atoms with E-state index in [1.165, 1.54) is 0 Å². The summed E-state index contributed by atoms with van der Waals surface area (Å²) in [5, 5.41) is 114. The number of fused-ring (bicyclic) bond motifs is 2. The van der Waals surface area contributed by atoms with Gasteiger partial charge in [-0.3, -0.25) is 9.59 Å². The first-order valence-electron chi connectivity index (χ1n) is 38.0. The van der Waals surface area contributed by atoms with Gasteiger partial charge in [-0.1, -0.05) is 25.7 Å². The van der Waals surface area contributed by atoms with Gasteiger partial charge in [0.25, 0.3) is 0 Å². The number of amides is 6. The number of thioether (sulfide) groups is 14. The van der Waals surface area contributed by atoms with Crippen LogP contribution in [0.3, 0.4) is 0 Å². The molecule has 4 aliphatic rings. The molecule has 6 atom stereocenters.